The number of rotatable bonds is 3. The molecule has 3 rings (SSSR count). The fourth-order valence-corrected chi connectivity index (χ4v) is 4.05. The van der Waals surface area contributed by atoms with E-state index in [9.17, 15) is 9.59 Å². The lowest BCUT2D eigenvalue weighted by molar-refractivity contribution is -0.136. The van der Waals surface area contributed by atoms with E-state index in [1.54, 1.807) is 25.7 Å². The van der Waals surface area contributed by atoms with Gasteiger partial charge in [-0.05, 0) is 51.4 Å². The lowest BCUT2D eigenvalue weighted by Crippen LogP contribution is -2.52. The highest BCUT2D eigenvalue weighted by Gasteiger charge is 2.31. The van der Waals surface area contributed by atoms with Crippen LogP contribution in [0, 0.1) is 4.77 Å². The second kappa shape index (κ2) is 8.04. The van der Waals surface area contributed by atoms with Crippen LogP contribution in [0.2, 0.25) is 0 Å². The first-order chi connectivity index (χ1) is 13.2. The van der Waals surface area contributed by atoms with Crippen LogP contribution < -0.4 is 0 Å². The number of nitrogens with zero attached hydrogens (tertiary/aromatic N) is 4. The number of amides is 2. The quantitative estimate of drug-likeness (QED) is 0.766. The molecule has 2 aromatic heterocycles. The van der Waals surface area contributed by atoms with E-state index in [0.717, 1.165) is 4.88 Å². The fraction of sp³-hybridized carbons (Fsp3) is 0.556. The molecule has 1 aliphatic rings. The minimum Gasteiger partial charge on any atom is -0.444 e. The van der Waals surface area contributed by atoms with Gasteiger partial charge in [0.05, 0.1) is 4.88 Å². The molecule has 1 fully saturated rings. The summed E-state index contributed by atoms with van der Waals surface area (Å²) in [6.07, 6.45) is -0.343. The Bertz CT molecular complexity index is 889. The second-order valence-corrected chi connectivity index (χ2v) is 9.00. The maximum atomic E-state index is 13.1. The molecular weight excluding hydrogens is 398 g/mol. The van der Waals surface area contributed by atoms with Gasteiger partial charge >= 0.3 is 6.09 Å². The van der Waals surface area contributed by atoms with Gasteiger partial charge in [-0.3, -0.25) is 14.5 Å². The van der Waals surface area contributed by atoms with Crippen molar-refractivity contribution < 1.29 is 14.3 Å². The Balaban J connectivity index is 1.67. The first kappa shape index (κ1) is 20.5. The van der Waals surface area contributed by atoms with E-state index in [1.807, 2.05) is 45.2 Å². The number of aromatic nitrogens is 3. The molecule has 0 aliphatic carbocycles. The summed E-state index contributed by atoms with van der Waals surface area (Å²) in [5.41, 5.74) is -0.533. The van der Waals surface area contributed by atoms with E-state index in [0.29, 0.717) is 36.8 Å². The van der Waals surface area contributed by atoms with Gasteiger partial charge in [0.25, 0.3) is 0 Å². The molecule has 1 saturated heterocycles. The number of nitrogens with one attached hydrogen (secondary N) is 1. The molecule has 3 heterocycles. The van der Waals surface area contributed by atoms with E-state index in [1.165, 1.54) is 0 Å². The van der Waals surface area contributed by atoms with E-state index in [2.05, 4.69) is 10.2 Å². The van der Waals surface area contributed by atoms with Gasteiger partial charge in [-0.25, -0.2) is 4.79 Å². The summed E-state index contributed by atoms with van der Waals surface area (Å²) in [6.45, 7) is 9.16. The molecule has 2 aromatic rings. The van der Waals surface area contributed by atoms with E-state index in [4.69, 9.17) is 17.0 Å². The van der Waals surface area contributed by atoms with Crippen LogP contribution in [0.1, 0.15) is 33.7 Å². The highest BCUT2D eigenvalue weighted by Crippen LogP contribution is 2.26. The minimum atomic E-state index is -0.533. The third-order valence-electron chi connectivity index (χ3n) is 4.43. The van der Waals surface area contributed by atoms with Crippen LogP contribution in [0.3, 0.4) is 0 Å². The Morgan fingerprint density at radius 2 is 1.89 bits per heavy atom. The number of thiophene rings is 1. The smallest absolute Gasteiger partial charge is 0.410 e. The molecule has 1 unspecified atom stereocenters. The SMILES string of the molecule is CC(C(=O)N1CCN(C(=O)OC(C)(C)C)CC1)n1c(-c2cccs2)n[nH]c1=S. The Morgan fingerprint density at radius 1 is 1.25 bits per heavy atom. The first-order valence-electron chi connectivity index (χ1n) is 9.15. The molecule has 1 N–H and O–H groups in total. The van der Waals surface area contributed by atoms with E-state index >= 15 is 0 Å². The summed E-state index contributed by atoms with van der Waals surface area (Å²) in [6, 6.07) is 3.39. The van der Waals surface area contributed by atoms with Gasteiger partial charge in [0, 0.05) is 26.2 Å². The van der Waals surface area contributed by atoms with Crippen molar-refractivity contribution in [1.29, 1.82) is 0 Å². The number of carbonyl (C=O) groups excluding carboxylic acids is 2. The van der Waals surface area contributed by atoms with Crippen LogP contribution in [0.4, 0.5) is 4.79 Å². The molecule has 2 amide bonds. The molecule has 0 spiro atoms. The number of carbonyl (C=O) groups is 2. The summed E-state index contributed by atoms with van der Waals surface area (Å²) in [4.78, 5) is 29.6. The number of aromatic amines is 1. The predicted octanol–water partition coefficient (Wildman–Crippen LogP) is 3.31. The molecule has 0 radical (unpaired) electrons. The average molecular weight is 424 g/mol. The van der Waals surface area contributed by atoms with Crippen LogP contribution in [0.15, 0.2) is 17.5 Å². The molecule has 1 aliphatic heterocycles. The summed E-state index contributed by atoms with van der Waals surface area (Å²) >= 11 is 6.90. The summed E-state index contributed by atoms with van der Waals surface area (Å²) in [5, 5.41) is 9.04. The highest BCUT2D eigenvalue weighted by atomic mass is 32.1. The lowest BCUT2D eigenvalue weighted by Gasteiger charge is -2.36. The zero-order valence-corrected chi connectivity index (χ0v) is 18.1. The van der Waals surface area contributed by atoms with E-state index in [-0.39, 0.29) is 12.0 Å². The van der Waals surface area contributed by atoms with Crippen molar-refractivity contribution in [3.63, 3.8) is 0 Å². The monoisotopic (exact) mass is 423 g/mol. The zero-order chi connectivity index (χ0) is 20.5. The van der Waals surface area contributed by atoms with E-state index < -0.39 is 11.6 Å². The number of hydrogen-bond acceptors (Lipinski definition) is 6. The molecule has 152 valence electrons. The number of hydrogen-bond donors (Lipinski definition) is 1. The van der Waals surface area contributed by atoms with Crippen LogP contribution in [0.25, 0.3) is 10.7 Å². The summed E-state index contributed by atoms with van der Waals surface area (Å²) < 4.78 is 7.57. The third-order valence-corrected chi connectivity index (χ3v) is 5.59. The van der Waals surface area contributed by atoms with Gasteiger partial charge < -0.3 is 14.5 Å². The zero-order valence-electron chi connectivity index (χ0n) is 16.5. The molecule has 10 heteroatoms. The van der Waals surface area contributed by atoms with Gasteiger partial charge in [0.1, 0.15) is 11.6 Å². The number of piperazine rings is 1. The molecule has 0 saturated carbocycles. The fourth-order valence-electron chi connectivity index (χ4n) is 3.05. The normalized spacial score (nSPS) is 16.1. The molecular formula is C18H25N5O3S2. The maximum Gasteiger partial charge on any atom is 0.410 e. The first-order valence-corrected chi connectivity index (χ1v) is 10.4. The van der Waals surface area contributed by atoms with Gasteiger partial charge in [0.15, 0.2) is 10.6 Å². The Hall–Kier alpha value is -2.20. The summed E-state index contributed by atoms with van der Waals surface area (Å²) in [5.74, 6) is 0.618. The van der Waals surface area contributed by atoms with Gasteiger partial charge in [-0.2, -0.15) is 5.10 Å². The molecule has 0 bridgehead atoms. The number of ether oxygens (including phenoxy) is 1. The largest absolute Gasteiger partial charge is 0.444 e. The number of H-pyrrole nitrogens is 1. The average Bonchev–Trinajstić information content (AvgIpc) is 3.28. The van der Waals surface area contributed by atoms with Gasteiger partial charge in [0.2, 0.25) is 5.91 Å². The Labute approximate surface area is 173 Å². The van der Waals surface area contributed by atoms with Crippen molar-refractivity contribution in [1.82, 2.24) is 24.6 Å². The van der Waals surface area contributed by atoms with Crippen molar-refractivity contribution in [3.05, 3.63) is 22.3 Å². The van der Waals surface area contributed by atoms with Gasteiger partial charge in [-0.1, -0.05) is 6.07 Å². The molecule has 8 nitrogen and oxygen atoms in total. The topological polar surface area (TPSA) is 83.5 Å². The van der Waals surface area contributed by atoms with Crippen molar-refractivity contribution in [2.24, 2.45) is 0 Å². The van der Waals surface area contributed by atoms with Crippen LogP contribution in [0.5, 0.6) is 0 Å². The van der Waals surface area contributed by atoms with Crippen molar-refractivity contribution in [2.75, 3.05) is 26.2 Å². The standard InChI is InChI=1S/C18H25N5O3S2/c1-12(23-14(19-20-16(23)27)13-6-5-11-28-13)15(24)21-7-9-22(10-8-21)17(25)26-18(2,3)4/h5-6,11-12H,7-10H2,1-4H3,(H,20,27). The highest BCUT2D eigenvalue weighted by molar-refractivity contribution is 7.71. The molecule has 1 atom stereocenters. The third kappa shape index (κ3) is 4.44. The predicted molar refractivity (Wildman–Crippen MR) is 110 cm³/mol. The Kier molecular flexibility index (Phi) is 5.90. The Morgan fingerprint density at radius 3 is 2.46 bits per heavy atom. The second-order valence-electron chi connectivity index (χ2n) is 7.67. The van der Waals surface area contributed by atoms with Crippen molar-refractivity contribution in [3.8, 4) is 10.7 Å². The van der Waals surface area contributed by atoms with Crippen LogP contribution >= 0.6 is 23.6 Å². The van der Waals surface area contributed by atoms with Gasteiger partial charge in [-0.15, -0.1) is 11.3 Å². The van der Waals surface area contributed by atoms with Crippen LogP contribution in [-0.2, 0) is 9.53 Å². The minimum absolute atomic E-state index is 0.0425. The summed E-state index contributed by atoms with van der Waals surface area (Å²) in [7, 11) is 0. The van der Waals surface area contributed by atoms with Crippen molar-refractivity contribution >= 4 is 35.6 Å². The van der Waals surface area contributed by atoms with Crippen LogP contribution in [-0.4, -0.2) is 68.3 Å². The molecule has 28 heavy (non-hydrogen) atoms. The molecule has 0 aromatic carbocycles. The maximum absolute atomic E-state index is 13.1. The lowest BCUT2D eigenvalue weighted by atomic mass is 10.2. The van der Waals surface area contributed by atoms with Crippen molar-refractivity contribution in [2.45, 2.75) is 39.3 Å².